The largest absolute Gasteiger partial charge is 0.358 e. The van der Waals surface area contributed by atoms with Crippen molar-refractivity contribution in [2.45, 2.75) is 31.6 Å². The Balaban J connectivity index is 1.63. The minimum Gasteiger partial charge on any atom is -0.358 e. The topological polar surface area (TPSA) is 42.4 Å². The van der Waals surface area contributed by atoms with Crippen LogP contribution < -0.4 is 4.90 Å². The maximum absolute atomic E-state index is 14.0. The Morgan fingerprint density at radius 3 is 2.09 bits per heavy atom. The second-order valence-electron chi connectivity index (χ2n) is 8.70. The van der Waals surface area contributed by atoms with Gasteiger partial charge in [0.25, 0.3) is 5.91 Å². The Morgan fingerprint density at radius 1 is 0.857 bits per heavy atom. The van der Waals surface area contributed by atoms with E-state index in [0.717, 1.165) is 16.7 Å². The summed E-state index contributed by atoms with van der Waals surface area (Å²) < 4.78 is 6.62. The van der Waals surface area contributed by atoms with Crippen LogP contribution in [-0.4, -0.2) is 17.0 Å². The molecule has 4 nitrogen and oxygen atoms in total. The van der Waals surface area contributed by atoms with Crippen molar-refractivity contribution in [2.75, 3.05) is 4.90 Å². The number of aryl methyl sites for hydroxylation is 1. The lowest BCUT2D eigenvalue weighted by Gasteiger charge is -2.44. The lowest BCUT2D eigenvalue weighted by Crippen LogP contribution is -2.51. The van der Waals surface area contributed by atoms with Gasteiger partial charge in [0.2, 0.25) is 0 Å². The van der Waals surface area contributed by atoms with Crippen LogP contribution >= 0.6 is 23.2 Å². The van der Waals surface area contributed by atoms with Crippen LogP contribution in [0.4, 0.5) is 5.69 Å². The number of carbonyl (C=O) groups is 1. The van der Waals surface area contributed by atoms with Crippen molar-refractivity contribution < 1.29 is 9.53 Å². The molecule has 176 valence electrons. The molecule has 0 aliphatic carbocycles. The minimum absolute atomic E-state index is 0.108. The van der Waals surface area contributed by atoms with Gasteiger partial charge in [0, 0.05) is 22.7 Å². The number of hydrogen-bond acceptors (Lipinski definition) is 3. The number of hydrogen-bond donors (Lipinski definition) is 0. The van der Waals surface area contributed by atoms with Gasteiger partial charge in [0.1, 0.15) is 12.2 Å². The van der Waals surface area contributed by atoms with Crippen LogP contribution in [0.5, 0.6) is 0 Å². The predicted molar refractivity (Wildman–Crippen MR) is 140 cm³/mol. The third kappa shape index (κ3) is 5.10. The third-order valence-corrected chi connectivity index (χ3v) is 6.77. The minimum atomic E-state index is -0.665. The molecule has 0 N–H and O–H groups in total. The summed E-state index contributed by atoms with van der Waals surface area (Å²) in [6.45, 7) is 2.05. The number of aromatic nitrogens is 1. The molecule has 6 heteroatoms. The standard InChI is InChI=1S/C29H24Cl2N2O2/c1-19-4-6-20(7-5-19)17-26-29(34)33(25-3-2-16-32-18-25)27(21-8-12-23(30)13-9-21)28(35-26)22-10-14-24(31)15-11-22/h2-16,18,26-28H,17H2,1H3. The van der Waals surface area contributed by atoms with E-state index < -0.39 is 18.2 Å². The first-order valence-electron chi connectivity index (χ1n) is 11.4. The number of benzene rings is 3. The van der Waals surface area contributed by atoms with Gasteiger partial charge in [-0.1, -0.05) is 77.3 Å². The van der Waals surface area contributed by atoms with E-state index in [1.165, 1.54) is 5.56 Å². The Hall–Kier alpha value is -3.18. The van der Waals surface area contributed by atoms with Gasteiger partial charge in [-0.05, 0) is 60.0 Å². The second kappa shape index (κ2) is 10.2. The molecule has 0 radical (unpaired) electrons. The molecule has 1 aliphatic rings. The second-order valence-corrected chi connectivity index (χ2v) is 9.58. The molecule has 2 heterocycles. The maximum atomic E-state index is 14.0. The monoisotopic (exact) mass is 502 g/mol. The molecule has 1 saturated heterocycles. The van der Waals surface area contributed by atoms with E-state index in [9.17, 15) is 4.79 Å². The summed E-state index contributed by atoms with van der Waals surface area (Å²) >= 11 is 12.4. The van der Waals surface area contributed by atoms with Crippen molar-refractivity contribution in [3.63, 3.8) is 0 Å². The Kier molecular flexibility index (Phi) is 6.87. The first-order valence-corrected chi connectivity index (χ1v) is 12.2. The summed E-state index contributed by atoms with van der Waals surface area (Å²) in [6, 6.07) is 26.7. The lowest BCUT2D eigenvalue weighted by atomic mass is 9.90. The van der Waals surface area contributed by atoms with E-state index in [-0.39, 0.29) is 5.91 Å². The summed E-state index contributed by atoms with van der Waals surface area (Å²) in [5.41, 5.74) is 4.78. The average Bonchev–Trinajstić information content (AvgIpc) is 2.88. The van der Waals surface area contributed by atoms with E-state index in [1.807, 2.05) is 84.6 Å². The zero-order chi connectivity index (χ0) is 24.4. The van der Waals surface area contributed by atoms with Crippen LogP contribution in [0.25, 0.3) is 0 Å². The molecule has 1 aliphatic heterocycles. The SMILES string of the molecule is Cc1ccc(CC2OC(c3ccc(Cl)cc3)C(c3ccc(Cl)cc3)N(c3cccnc3)C2=O)cc1. The van der Waals surface area contributed by atoms with Crippen LogP contribution in [0.2, 0.25) is 10.0 Å². The molecule has 1 aromatic heterocycles. The third-order valence-electron chi connectivity index (χ3n) is 6.26. The quantitative estimate of drug-likeness (QED) is 0.290. The van der Waals surface area contributed by atoms with Crippen LogP contribution in [0.15, 0.2) is 97.3 Å². The number of morpholine rings is 1. The fourth-order valence-electron chi connectivity index (χ4n) is 4.49. The van der Waals surface area contributed by atoms with E-state index >= 15 is 0 Å². The molecule has 1 fully saturated rings. The molecule has 4 aromatic rings. The number of halogens is 2. The Labute approximate surface area is 215 Å². The summed E-state index contributed by atoms with van der Waals surface area (Å²) in [5, 5.41) is 1.27. The molecule has 5 rings (SSSR count). The van der Waals surface area contributed by atoms with E-state index in [2.05, 4.69) is 17.1 Å². The van der Waals surface area contributed by atoms with Gasteiger partial charge >= 0.3 is 0 Å². The summed E-state index contributed by atoms with van der Waals surface area (Å²) in [5.74, 6) is -0.108. The average molecular weight is 503 g/mol. The first kappa shape index (κ1) is 23.6. The molecule has 0 saturated carbocycles. The normalized spacial score (nSPS) is 20.1. The zero-order valence-electron chi connectivity index (χ0n) is 19.1. The van der Waals surface area contributed by atoms with E-state index in [0.29, 0.717) is 22.2 Å². The fraction of sp³-hybridized carbons (Fsp3) is 0.172. The van der Waals surface area contributed by atoms with Crippen molar-refractivity contribution >= 4 is 34.8 Å². The van der Waals surface area contributed by atoms with Gasteiger partial charge in [0.15, 0.2) is 0 Å². The summed E-state index contributed by atoms with van der Waals surface area (Å²) in [6.07, 6.45) is 2.79. The molecular formula is C29H24Cl2N2O2. The Bertz CT molecular complexity index is 1290. The molecule has 35 heavy (non-hydrogen) atoms. The van der Waals surface area contributed by atoms with Gasteiger partial charge in [-0.25, -0.2) is 0 Å². The molecule has 3 unspecified atom stereocenters. The molecule has 0 bridgehead atoms. The highest BCUT2D eigenvalue weighted by atomic mass is 35.5. The van der Waals surface area contributed by atoms with Crippen LogP contribution in [0, 0.1) is 6.92 Å². The smallest absolute Gasteiger partial charge is 0.257 e. The van der Waals surface area contributed by atoms with Gasteiger partial charge in [-0.15, -0.1) is 0 Å². The van der Waals surface area contributed by atoms with E-state index in [4.69, 9.17) is 27.9 Å². The fourth-order valence-corrected chi connectivity index (χ4v) is 4.74. The van der Waals surface area contributed by atoms with E-state index in [1.54, 1.807) is 12.4 Å². The molecule has 0 spiro atoms. The summed E-state index contributed by atoms with van der Waals surface area (Å²) in [4.78, 5) is 20.1. The summed E-state index contributed by atoms with van der Waals surface area (Å²) in [7, 11) is 0. The number of carbonyl (C=O) groups excluding carboxylic acids is 1. The highest BCUT2D eigenvalue weighted by molar-refractivity contribution is 6.30. The van der Waals surface area contributed by atoms with Crippen molar-refractivity contribution in [1.29, 1.82) is 0 Å². The zero-order valence-corrected chi connectivity index (χ0v) is 20.7. The van der Waals surface area contributed by atoms with Gasteiger partial charge in [-0.2, -0.15) is 0 Å². The number of amides is 1. The number of rotatable bonds is 5. The number of pyridine rings is 1. The van der Waals surface area contributed by atoms with Crippen molar-refractivity contribution in [3.8, 4) is 0 Å². The first-order chi connectivity index (χ1) is 17.0. The Morgan fingerprint density at radius 2 is 1.49 bits per heavy atom. The van der Waals surface area contributed by atoms with Crippen LogP contribution in [0.1, 0.15) is 34.4 Å². The van der Waals surface area contributed by atoms with Crippen molar-refractivity contribution in [2.24, 2.45) is 0 Å². The van der Waals surface area contributed by atoms with Crippen molar-refractivity contribution in [1.82, 2.24) is 4.98 Å². The highest BCUT2D eigenvalue weighted by Crippen LogP contribution is 2.44. The van der Waals surface area contributed by atoms with Crippen molar-refractivity contribution in [3.05, 3.63) is 130 Å². The molecule has 3 atom stereocenters. The van der Waals surface area contributed by atoms with Gasteiger partial charge < -0.3 is 4.74 Å². The number of ether oxygens (including phenoxy) is 1. The van der Waals surface area contributed by atoms with Crippen LogP contribution in [-0.2, 0) is 16.0 Å². The lowest BCUT2D eigenvalue weighted by molar-refractivity contribution is -0.145. The number of anilines is 1. The maximum Gasteiger partial charge on any atom is 0.257 e. The predicted octanol–water partition coefficient (Wildman–Crippen LogP) is 7.15. The molecule has 1 amide bonds. The molecule has 3 aromatic carbocycles. The van der Waals surface area contributed by atoms with Gasteiger partial charge in [-0.3, -0.25) is 14.7 Å². The van der Waals surface area contributed by atoms with Gasteiger partial charge in [0.05, 0.1) is 17.9 Å². The highest BCUT2D eigenvalue weighted by Gasteiger charge is 2.44. The molecular weight excluding hydrogens is 479 g/mol. The van der Waals surface area contributed by atoms with Crippen LogP contribution in [0.3, 0.4) is 0 Å². The number of nitrogens with zero attached hydrogens (tertiary/aromatic N) is 2.